The van der Waals surface area contributed by atoms with E-state index < -0.39 is 17.4 Å². The van der Waals surface area contributed by atoms with Crippen LogP contribution in [0.15, 0.2) is 0 Å². The monoisotopic (exact) mass is 508 g/mol. The number of ketones is 2. The summed E-state index contributed by atoms with van der Waals surface area (Å²) >= 11 is 0. The van der Waals surface area contributed by atoms with Crippen molar-refractivity contribution in [3.63, 3.8) is 0 Å². The molecule has 1 aliphatic carbocycles. The minimum absolute atomic E-state index is 0.147. The summed E-state index contributed by atoms with van der Waals surface area (Å²) in [6.45, 7) is 4.40. The smallest absolute Gasteiger partial charge is 0.298 e. The highest BCUT2D eigenvalue weighted by molar-refractivity contribution is 6.22. The Hall–Kier alpha value is -1.72. The van der Waals surface area contributed by atoms with Gasteiger partial charge >= 0.3 is 11.9 Å². The van der Waals surface area contributed by atoms with Crippen molar-refractivity contribution in [3.8, 4) is 0 Å². The highest BCUT2D eigenvalue weighted by Crippen LogP contribution is 2.36. The fourth-order valence-corrected chi connectivity index (χ4v) is 5.06. The van der Waals surface area contributed by atoms with E-state index in [4.69, 9.17) is 9.78 Å². The third-order valence-corrected chi connectivity index (χ3v) is 7.46. The molecule has 0 saturated heterocycles. The summed E-state index contributed by atoms with van der Waals surface area (Å²) in [6, 6.07) is 0. The lowest BCUT2D eigenvalue weighted by Gasteiger charge is -2.26. The van der Waals surface area contributed by atoms with Crippen molar-refractivity contribution in [2.75, 3.05) is 0 Å². The zero-order valence-corrected chi connectivity index (χ0v) is 23.2. The van der Waals surface area contributed by atoms with Gasteiger partial charge in [0.2, 0.25) is 0 Å². The van der Waals surface area contributed by atoms with Crippen LogP contribution in [-0.4, -0.2) is 23.5 Å². The van der Waals surface area contributed by atoms with Crippen LogP contribution in [0.25, 0.3) is 0 Å². The van der Waals surface area contributed by atoms with Gasteiger partial charge in [0.25, 0.3) is 0 Å². The molecule has 36 heavy (non-hydrogen) atoms. The second-order valence-corrected chi connectivity index (χ2v) is 10.6. The second kappa shape index (κ2) is 20.4. The Labute approximate surface area is 219 Å². The van der Waals surface area contributed by atoms with E-state index in [2.05, 4.69) is 13.8 Å². The Kier molecular flexibility index (Phi) is 18.3. The minimum atomic E-state index is -1.81. The van der Waals surface area contributed by atoms with E-state index in [1.807, 2.05) is 0 Å². The highest BCUT2D eigenvalue weighted by Gasteiger charge is 2.54. The van der Waals surface area contributed by atoms with Crippen molar-refractivity contribution >= 4 is 23.5 Å². The third-order valence-electron chi connectivity index (χ3n) is 7.46. The van der Waals surface area contributed by atoms with Crippen LogP contribution in [0.3, 0.4) is 0 Å². The predicted octanol–water partition coefficient (Wildman–Crippen LogP) is 8.14. The van der Waals surface area contributed by atoms with E-state index in [-0.39, 0.29) is 37.2 Å². The molecule has 0 aromatic carbocycles. The molecule has 0 N–H and O–H groups in total. The minimum Gasteiger partial charge on any atom is -0.298 e. The number of rotatable bonds is 20. The van der Waals surface area contributed by atoms with Gasteiger partial charge < -0.3 is 0 Å². The molecule has 6 nitrogen and oxygen atoms in total. The Morgan fingerprint density at radius 2 is 1.03 bits per heavy atom. The van der Waals surface area contributed by atoms with E-state index in [0.29, 0.717) is 25.7 Å². The van der Waals surface area contributed by atoms with Crippen LogP contribution in [0, 0.1) is 5.41 Å². The van der Waals surface area contributed by atoms with Gasteiger partial charge in [0.05, 0.1) is 6.42 Å². The Morgan fingerprint density at radius 3 is 1.50 bits per heavy atom. The molecule has 0 unspecified atom stereocenters. The number of carbonyl (C=O) groups excluding carboxylic acids is 4. The number of hydrogen-bond acceptors (Lipinski definition) is 6. The molecule has 0 atom stereocenters. The van der Waals surface area contributed by atoms with Gasteiger partial charge in [-0.25, -0.2) is 19.4 Å². The summed E-state index contributed by atoms with van der Waals surface area (Å²) in [5.74, 6) is -2.38. The molecule has 1 rings (SSSR count). The van der Waals surface area contributed by atoms with Crippen LogP contribution in [0.4, 0.5) is 0 Å². The van der Waals surface area contributed by atoms with Gasteiger partial charge in [0.1, 0.15) is 0 Å². The molecule has 208 valence electrons. The van der Waals surface area contributed by atoms with Crippen LogP contribution in [0.1, 0.15) is 162 Å². The molecule has 0 aromatic rings. The second-order valence-electron chi connectivity index (χ2n) is 10.6. The molecule has 0 aromatic heterocycles. The first-order valence-electron chi connectivity index (χ1n) is 15.0. The number of unbranched alkanes of at least 4 members (excludes halogenated alkanes) is 15. The van der Waals surface area contributed by atoms with E-state index >= 15 is 0 Å². The van der Waals surface area contributed by atoms with Crippen molar-refractivity contribution in [3.05, 3.63) is 0 Å². The quantitative estimate of drug-likeness (QED) is 0.0542. The van der Waals surface area contributed by atoms with Crippen LogP contribution >= 0.6 is 0 Å². The lowest BCUT2D eigenvalue weighted by molar-refractivity contribution is -0.265. The van der Waals surface area contributed by atoms with Crippen molar-refractivity contribution in [1.29, 1.82) is 0 Å². The predicted molar refractivity (Wildman–Crippen MR) is 142 cm³/mol. The van der Waals surface area contributed by atoms with Crippen LogP contribution < -0.4 is 0 Å². The largest absolute Gasteiger partial charge is 0.376 e. The molecule has 0 aliphatic heterocycles. The molecule has 0 heterocycles. The fraction of sp³-hybridized carbons (Fsp3) is 0.867. The zero-order valence-electron chi connectivity index (χ0n) is 23.2. The van der Waals surface area contributed by atoms with Crippen molar-refractivity contribution in [2.45, 2.75) is 162 Å². The number of hydrogen-bond donors (Lipinski definition) is 0. The molecule has 1 aliphatic rings. The fourth-order valence-electron chi connectivity index (χ4n) is 5.06. The van der Waals surface area contributed by atoms with Gasteiger partial charge in [0.15, 0.2) is 17.0 Å². The summed E-state index contributed by atoms with van der Waals surface area (Å²) in [6.07, 6.45) is 20.5. The van der Waals surface area contributed by atoms with Crippen molar-refractivity contribution in [1.82, 2.24) is 0 Å². The first-order chi connectivity index (χ1) is 17.5. The molecule has 0 spiro atoms. The highest BCUT2D eigenvalue weighted by atomic mass is 17.2. The third kappa shape index (κ3) is 12.5. The summed E-state index contributed by atoms with van der Waals surface area (Å²) in [4.78, 5) is 60.7. The molecule has 6 heteroatoms. The maximum absolute atomic E-state index is 13.0. The molecule has 1 saturated carbocycles. The lowest BCUT2D eigenvalue weighted by atomic mass is 9.74. The summed E-state index contributed by atoms with van der Waals surface area (Å²) in [5.41, 5.74) is -1.81. The topological polar surface area (TPSA) is 86.7 Å². The first-order valence-corrected chi connectivity index (χ1v) is 15.0. The van der Waals surface area contributed by atoms with Crippen molar-refractivity contribution < 1.29 is 29.0 Å². The van der Waals surface area contributed by atoms with Gasteiger partial charge in [-0.3, -0.25) is 9.59 Å². The number of carbonyl (C=O) groups is 4. The molecular weight excluding hydrogens is 456 g/mol. The van der Waals surface area contributed by atoms with Gasteiger partial charge in [-0.1, -0.05) is 117 Å². The van der Waals surface area contributed by atoms with Gasteiger partial charge in [-0.15, -0.1) is 0 Å². The zero-order chi connectivity index (χ0) is 26.5. The SMILES string of the molecule is CCCCCCCCCCCC(=O)OOC(=O)C1(CCCCCCCCCC)C(=O)CCCCC1=O. The normalized spacial score (nSPS) is 15.5. The standard InChI is InChI=1S/C30H52O6/c1-3-5-7-9-11-13-14-16-18-24-28(33)35-36-29(34)30(26(31)22-19-20-23-27(30)32)25-21-17-15-12-10-8-6-4-2/h3-25H2,1-2H3. The van der Waals surface area contributed by atoms with E-state index in [0.717, 1.165) is 32.1 Å². The molecule has 0 bridgehead atoms. The Bertz CT molecular complexity index is 623. The van der Waals surface area contributed by atoms with Crippen LogP contribution in [-0.2, 0) is 29.0 Å². The van der Waals surface area contributed by atoms with Gasteiger partial charge in [-0.05, 0) is 25.7 Å². The molecule has 0 amide bonds. The Balaban J connectivity index is 2.45. The van der Waals surface area contributed by atoms with Crippen LogP contribution in [0.2, 0.25) is 0 Å². The van der Waals surface area contributed by atoms with Crippen LogP contribution in [0.5, 0.6) is 0 Å². The Morgan fingerprint density at radius 1 is 0.611 bits per heavy atom. The average Bonchev–Trinajstić information content (AvgIpc) is 3.01. The summed E-state index contributed by atoms with van der Waals surface area (Å²) < 4.78 is 0. The van der Waals surface area contributed by atoms with Gasteiger partial charge in [-0.2, -0.15) is 0 Å². The van der Waals surface area contributed by atoms with E-state index in [1.165, 1.54) is 64.2 Å². The van der Waals surface area contributed by atoms with E-state index in [1.54, 1.807) is 0 Å². The summed E-state index contributed by atoms with van der Waals surface area (Å²) in [7, 11) is 0. The number of Topliss-reactive ketones (excluding diaryl/α,β-unsaturated/α-hetero) is 2. The molecular formula is C30H52O6. The van der Waals surface area contributed by atoms with Crippen molar-refractivity contribution in [2.24, 2.45) is 5.41 Å². The summed E-state index contributed by atoms with van der Waals surface area (Å²) in [5, 5.41) is 0. The maximum Gasteiger partial charge on any atom is 0.376 e. The molecule has 1 fully saturated rings. The van der Waals surface area contributed by atoms with Gasteiger partial charge in [0, 0.05) is 12.8 Å². The average molecular weight is 509 g/mol. The molecule has 0 radical (unpaired) electrons. The lowest BCUT2D eigenvalue weighted by Crippen LogP contribution is -2.46. The van der Waals surface area contributed by atoms with E-state index in [9.17, 15) is 19.2 Å². The first kappa shape index (κ1) is 32.3. The maximum atomic E-state index is 13.0.